The second-order valence-corrected chi connectivity index (χ2v) is 7.58. The fourth-order valence-electron chi connectivity index (χ4n) is 2.68. The van der Waals surface area contributed by atoms with E-state index in [1.165, 1.54) is 23.9 Å². The molecule has 0 spiro atoms. The Morgan fingerprint density at radius 3 is 2.39 bits per heavy atom. The van der Waals surface area contributed by atoms with Crippen molar-refractivity contribution < 1.29 is 14.0 Å². The van der Waals surface area contributed by atoms with Gasteiger partial charge in [0.05, 0.1) is 5.75 Å². The summed E-state index contributed by atoms with van der Waals surface area (Å²) in [6.07, 6.45) is 0.831. The van der Waals surface area contributed by atoms with Gasteiger partial charge in [-0.1, -0.05) is 49.4 Å². The van der Waals surface area contributed by atoms with E-state index in [0.29, 0.717) is 6.54 Å². The number of carbonyl (C=O) groups is 2. The van der Waals surface area contributed by atoms with Gasteiger partial charge < -0.3 is 10.2 Å². The van der Waals surface area contributed by atoms with Crippen molar-refractivity contribution in [3.05, 3.63) is 71.5 Å². The van der Waals surface area contributed by atoms with Crippen molar-refractivity contribution in [2.24, 2.45) is 0 Å². The molecule has 0 saturated heterocycles. The van der Waals surface area contributed by atoms with Gasteiger partial charge in [-0.3, -0.25) is 9.59 Å². The lowest BCUT2D eigenvalue weighted by Gasteiger charge is -2.28. The lowest BCUT2D eigenvalue weighted by Crippen LogP contribution is -2.48. The molecule has 0 aromatic heterocycles. The van der Waals surface area contributed by atoms with Crippen LogP contribution in [0.5, 0.6) is 0 Å². The Kier molecular flexibility index (Phi) is 9.01. The summed E-state index contributed by atoms with van der Waals surface area (Å²) < 4.78 is 13.2. The summed E-state index contributed by atoms with van der Waals surface area (Å²) in [6.45, 7) is 4.55. The Labute approximate surface area is 170 Å². The first-order valence-electron chi connectivity index (χ1n) is 9.44. The van der Waals surface area contributed by atoms with Gasteiger partial charge in [0.1, 0.15) is 11.9 Å². The predicted octanol–water partition coefficient (Wildman–Crippen LogP) is 4.00. The number of hydrogen-bond donors (Lipinski definition) is 1. The van der Waals surface area contributed by atoms with Crippen molar-refractivity contribution in [2.45, 2.75) is 38.6 Å². The number of rotatable bonds is 10. The second-order valence-electron chi connectivity index (χ2n) is 6.59. The van der Waals surface area contributed by atoms with E-state index in [2.05, 4.69) is 5.32 Å². The molecule has 0 bridgehead atoms. The molecule has 28 heavy (non-hydrogen) atoms. The molecule has 0 heterocycles. The molecule has 0 aliphatic heterocycles. The summed E-state index contributed by atoms with van der Waals surface area (Å²) in [5.41, 5.74) is 1.94. The summed E-state index contributed by atoms with van der Waals surface area (Å²) in [4.78, 5) is 26.9. The Morgan fingerprint density at radius 2 is 1.75 bits per heavy atom. The average Bonchev–Trinajstić information content (AvgIpc) is 2.71. The minimum atomic E-state index is -0.596. The molecule has 1 unspecified atom stereocenters. The summed E-state index contributed by atoms with van der Waals surface area (Å²) in [6, 6.07) is 15.4. The summed E-state index contributed by atoms with van der Waals surface area (Å²) in [7, 11) is 0. The lowest BCUT2D eigenvalue weighted by atomic mass is 10.1. The normalized spacial score (nSPS) is 11.7. The zero-order valence-corrected chi connectivity index (χ0v) is 17.2. The van der Waals surface area contributed by atoms with Crippen LogP contribution >= 0.6 is 11.8 Å². The molecular weight excluding hydrogens is 375 g/mol. The van der Waals surface area contributed by atoms with Crippen LogP contribution in [-0.4, -0.2) is 35.1 Å². The third-order valence-corrected chi connectivity index (χ3v) is 5.31. The highest BCUT2D eigenvalue weighted by molar-refractivity contribution is 7.99. The van der Waals surface area contributed by atoms with E-state index in [1.807, 2.05) is 37.3 Å². The summed E-state index contributed by atoms with van der Waals surface area (Å²) in [5, 5.41) is 2.84. The molecule has 0 fully saturated rings. The molecule has 0 aliphatic rings. The topological polar surface area (TPSA) is 49.4 Å². The van der Waals surface area contributed by atoms with E-state index < -0.39 is 6.04 Å². The van der Waals surface area contributed by atoms with Crippen LogP contribution < -0.4 is 5.32 Å². The number of thioether (sulfide) groups is 1. The molecule has 2 aromatic carbocycles. The van der Waals surface area contributed by atoms with Gasteiger partial charge >= 0.3 is 0 Å². The Balaban J connectivity index is 2.03. The molecule has 2 aromatic rings. The van der Waals surface area contributed by atoms with Crippen LogP contribution in [0.1, 0.15) is 31.4 Å². The van der Waals surface area contributed by atoms with Gasteiger partial charge in [-0.05, 0) is 36.6 Å². The molecule has 1 atom stereocenters. The van der Waals surface area contributed by atoms with Gasteiger partial charge in [-0.2, -0.15) is 0 Å². The van der Waals surface area contributed by atoms with Crippen molar-refractivity contribution in [1.29, 1.82) is 0 Å². The van der Waals surface area contributed by atoms with E-state index in [4.69, 9.17) is 0 Å². The standard InChI is InChI=1S/C22H27FN2O2S/c1-3-13-24-22(27)17(2)25(14-18-9-11-20(23)12-10-18)21(26)16-28-15-19-7-5-4-6-8-19/h4-12,17H,3,13-16H2,1-2H3,(H,24,27). The van der Waals surface area contributed by atoms with E-state index in [0.717, 1.165) is 23.3 Å². The quantitative estimate of drug-likeness (QED) is 0.653. The fourth-order valence-corrected chi connectivity index (χ4v) is 3.55. The molecule has 0 radical (unpaired) electrons. The number of halogens is 1. The van der Waals surface area contributed by atoms with Crippen molar-refractivity contribution in [3.63, 3.8) is 0 Å². The number of hydrogen-bond acceptors (Lipinski definition) is 3. The van der Waals surface area contributed by atoms with Gasteiger partial charge in [-0.15, -0.1) is 11.8 Å². The first-order chi connectivity index (χ1) is 13.5. The highest BCUT2D eigenvalue weighted by Gasteiger charge is 2.25. The highest BCUT2D eigenvalue weighted by atomic mass is 32.2. The molecule has 2 amide bonds. The van der Waals surface area contributed by atoms with Gasteiger partial charge in [0.15, 0.2) is 0 Å². The number of amides is 2. The average molecular weight is 403 g/mol. The first-order valence-corrected chi connectivity index (χ1v) is 10.6. The lowest BCUT2D eigenvalue weighted by molar-refractivity contribution is -0.138. The smallest absolute Gasteiger partial charge is 0.242 e. The van der Waals surface area contributed by atoms with Crippen LogP contribution in [0.2, 0.25) is 0 Å². The maximum absolute atomic E-state index is 13.2. The molecule has 0 aliphatic carbocycles. The molecule has 6 heteroatoms. The van der Waals surface area contributed by atoms with Crippen LogP contribution in [0.4, 0.5) is 4.39 Å². The Morgan fingerprint density at radius 1 is 1.07 bits per heavy atom. The van der Waals surface area contributed by atoms with Gasteiger partial charge in [0.25, 0.3) is 0 Å². The molecule has 0 saturated carbocycles. The molecule has 4 nitrogen and oxygen atoms in total. The van der Waals surface area contributed by atoms with Crippen LogP contribution in [0.3, 0.4) is 0 Å². The summed E-state index contributed by atoms with van der Waals surface area (Å²) >= 11 is 1.52. The molecule has 2 rings (SSSR count). The van der Waals surface area contributed by atoms with Crippen LogP contribution in [-0.2, 0) is 21.9 Å². The minimum Gasteiger partial charge on any atom is -0.354 e. The number of nitrogens with one attached hydrogen (secondary N) is 1. The largest absolute Gasteiger partial charge is 0.354 e. The molecular formula is C22H27FN2O2S. The second kappa shape index (κ2) is 11.5. The predicted molar refractivity (Wildman–Crippen MR) is 112 cm³/mol. The zero-order chi connectivity index (χ0) is 20.4. The Hall–Kier alpha value is -2.34. The zero-order valence-electron chi connectivity index (χ0n) is 16.4. The SMILES string of the molecule is CCCNC(=O)C(C)N(Cc1ccc(F)cc1)C(=O)CSCc1ccccc1. The van der Waals surface area contributed by atoms with Crippen molar-refractivity contribution in [3.8, 4) is 0 Å². The van der Waals surface area contributed by atoms with E-state index in [-0.39, 0.29) is 29.9 Å². The fraction of sp³-hybridized carbons (Fsp3) is 0.364. The number of carbonyl (C=O) groups excluding carboxylic acids is 2. The van der Waals surface area contributed by atoms with E-state index >= 15 is 0 Å². The molecule has 150 valence electrons. The minimum absolute atomic E-state index is 0.107. The number of benzene rings is 2. The van der Waals surface area contributed by atoms with Gasteiger partial charge in [0, 0.05) is 18.8 Å². The highest BCUT2D eigenvalue weighted by Crippen LogP contribution is 2.16. The monoisotopic (exact) mass is 402 g/mol. The van der Waals surface area contributed by atoms with Crippen LogP contribution in [0, 0.1) is 5.82 Å². The third-order valence-electron chi connectivity index (χ3n) is 4.32. The van der Waals surface area contributed by atoms with Crippen LogP contribution in [0.15, 0.2) is 54.6 Å². The van der Waals surface area contributed by atoms with E-state index in [9.17, 15) is 14.0 Å². The van der Waals surface area contributed by atoms with Gasteiger partial charge in [0.2, 0.25) is 11.8 Å². The van der Waals surface area contributed by atoms with Crippen molar-refractivity contribution in [1.82, 2.24) is 10.2 Å². The third kappa shape index (κ3) is 7.00. The number of nitrogens with zero attached hydrogens (tertiary/aromatic N) is 1. The van der Waals surface area contributed by atoms with Gasteiger partial charge in [-0.25, -0.2) is 4.39 Å². The molecule has 1 N–H and O–H groups in total. The van der Waals surface area contributed by atoms with Crippen LogP contribution in [0.25, 0.3) is 0 Å². The maximum Gasteiger partial charge on any atom is 0.242 e. The van der Waals surface area contributed by atoms with E-state index in [1.54, 1.807) is 24.0 Å². The first kappa shape index (κ1) is 22.0. The van der Waals surface area contributed by atoms with Crippen molar-refractivity contribution in [2.75, 3.05) is 12.3 Å². The summed E-state index contributed by atoms with van der Waals surface area (Å²) in [5.74, 6) is 0.401. The maximum atomic E-state index is 13.2. The Bertz CT molecular complexity index is 753. The van der Waals surface area contributed by atoms with Crippen molar-refractivity contribution >= 4 is 23.6 Å².